The van der Waals surface area contributed by atoms with Gasteiger partial charge in [0.1, 0.15) is 5.75 Å². The fourth-order valence-corrected chi connectivity index (χ4v) is 4.39. The van der Waals surface area contributed by atoms with Crippen molar-refractivity contribution < 1.29 is 9.53 Å². The molecule has 0 aliphatic carbocycles. The predicted molar refractivity (Wildman–Crippen MR) is 111 cm³/mol. The zero-order valence-corrected chi connectivity index (χ0v) is 17.2. The van der Waals surface area contributed by atoms with E-state index in [-0.39, 0.29) is 11.7 Å². The summed E-state index contributed by atoms with van der Waals surface area (Å²) in [4.78, 5) is 16.5. The Hall–Kier alpha value is -1.90. The van der Waals surface area contributed by atoms with Crippen molar-refractivity contribution in [3.05, 3.63) is 52.5 Å². The Morgan fingerprint density at radius 3 is 3.04 bits per heavy atom. The van der Waals surface area contributed by atoms with Gasteiger partial charge in [-0.15, -0.1) is 11.3 Å². The summed E-state index contributed by atoms with van der Waals surface area (Å²) in [7, 11) is 0. The molecule has 26 heavy (non-hydrogen) atoms. The standard InChI is InChI=1S/C18H16BrN3O2S2/c1-2-24-15-8-7-13(19)9-12(15)10-20-22-17(23)11-25-18-21-14-5-3-4-6-16(14)26-18/h3-10H,2,11H2,1H3,(H,22,23)/b20-10-. The molecule has 0 fully saturated rings. The molecule has 0 spiro atoms. The van der Waals surface area contributed by atoms with Gasteiger partial charge in [0, 0.05) is 10.0 Å². The van der Waals surface area contributed by atoms with Crippen LogP contribution in [0.4, 0.5) is 0 Å². The molecule has 0 unspecified atom stereocenters. The predicted octanol–water partition coefficient (Wildman–Crippen LogP) is 4.70. The third kappa shape index (κ3) is 5.06. The molecule has 1 aromatic heterocycles. The number of carbonyl (C=O) groups excluding carboxylic acids is 1. The average molecular weight is 450 g/mol. The SMILES string of the molecule is CCOc1ccc(Br)cc1/C=N\NC(=O)CSc1nc2ccccc2s1. The number of carbonyl (C=O) groups is 1. The topological polar surface area (TPSA) is 63.6 Å². The molecular weight excluding hydrogens is 434 g/mol. The molecule has 5 nitrogen and oxygen atoms in total. The largest absolute Gasteiger partial charge is 0.493 e. The van der Waals surface area contributed by atoms with Crippen molar-refractivity contribution in [2.75, 3.05) is 12.4 Å². The third-order valence-corrected chi connectivity index (χ3v) is 5.94. The maximum atomic E-state index is 12.0. The van der Waals surface area contributed by atoms with Crippen LogP contribution in [0.2, 0.25) is 0 Å². The Morgan fingerprint density at radius 2 is 2.23 bits per heavy atom. The van der Waals surface area contributed by atoms with Crippen molar-refractivity contribution in [3.63, 3.8) is 0 Å². The maximum Gasteiger partial charge on any atom is 0.250 e. The molecule has 134 valence electrons. The number of aromatic nitrogens is 1. The summed E-state index contributed by atoms with van der Waals surface area (Å²) in [6.45, 7) is 2.48. The van der Waals surface area contributed by atoms with Crippen LogP contribution in [0.1, 0.15) is 12.5 Å². The van der Waals surface area contributed by atoms with Crippen LogP contribution >= 0.6 is 39.0 Å². The van der Waals surface area contributed by atoms with Gasteiger partial charge >= 0.3 is 0 Å². The molecule has 3 rings (SSSR count). The highest BCUT2D eigenvalue weighted by atomic mass is 79.9. The monoisotopic (exact) mass is 449 g/mol. The van der Waals surface area contributed by atoms with Gasteiger partial charge in [0.2, 0.25) is 0 Å². The summed E-state index contributed by atoms with van der Waals surface area (Å²) in [6, 6.07) is 13.6. The average Bonchev–Trinajstić information content (AvgIpc) is 3.05. The normalized spacial score (nSPS) is 11.2. The molecule has 1 N–H and O–H groups in total. The van der Waals surface area contributed by atoms with E-state index in [9.17, 15) is 4.79 Å². The Labute approximate surface area is 168 Å². The number of amides is 1. The number of nitrogens with zero attached hydrogens (tertiary/aromatic N) is 2. The van der Waals surface area contributed by atoms with Crippen molar-refractivity contribution in [2.24, 2.45) is 5.10 Å². The van der Waals surface area contributed by atoms with Crippen LogP contribution in [-0.4, -0.2) is 29.5 Å². The third-order valence-electron chi connectivity index (χ3n) is 3.27. The van der Waals surface area contributed by atoms with Gasteiger partial charge < -0.3 is 4.74 Å². The van der Waals surface area contributed by atoms with Gasteiger partial charge in [-0.2, -0.15) is 5.10 Å². The molecule has 0 atom stereocenters. The number of ether oxygens (including phenoxy) is 1. The zero-order chi connectivity index (χ0) is 18.4. The number of fused-ring (bicyclic) bond motifs is 1. The molecule has 3 aromatic rings. The van der Waals surface area contributed by atoms with E-state index in [1.54, 1.807) is 17.6 Å². The van der Waals surface area contributed by atoms with E-state index in [0.29, 0.717) is 6.61 Å². The number of rotatable bonds is 7. The smallest absolute Gasteiger partial charge is 0.250 e. The molecule has 0 bridgehead atoms. The van der Waals surface area contributed by atoms with Crippen molar-refractivity contribution in [3.8, 4) is 5.75 Å². The molecule has 2 aromatic carbocycles. The van der Waals surface area contributed by atoms with Gasteiger partial charge in [-0.1, -0.05) is 39.8 Å². The quantitative estimate of drug-likeness (QED) is 0.322. The zero-order valence-electron chi connectivity index (χ0n) is 13.9. The van der Waals surface area contributed by atoms with E-state index in [1.807, 2.05) is 49.4 Å². The van der Waals surface area contributed by atoms with Gasteiger partial charge in [-0.3, -0.25) is 4.79 Å². The van der Waals surface area contributed by atoms with Gasteiger partial charge in [0.05, 0.1) is 28.8 Å². The first-order valence-electron chi connectivity index (χ1n) is 7.88. The lowest BCUT2D eigenvalue weighted by Crippen LogP contribution is -2.19. The van der Waals surface area contributed by atoms with Crippen LogP contribution in [0.3, 0.4) is 0 Å². The van der Waals surface area contributed by atoms with Crippen molar-refractivity contribution in [2.45, 2.75) is 11.3 Å². The second-order valence-corrected chi connectivity index (χ2v) is 8.31. The second-order valence-electron chi connectivity index (χ2n) is 5.14. The van der Waals surface area contributed by atoms with Crippen LogP contribution in [0.15, 0.2) is 56.4 Å². The molecular formula is C18H16BrN3O2S2. The molecule has 1 amide bonds. The molecule has 0 radical (unpaired) electrons. The van der Waals surface area contributed by atoms with E-state index in [1.165, 1.54) is 11.8 Å². The van der Waals surface area contributed by atoms with Crippen LogP contribution in [0, 0.1) is 0 Å². The molecule has 0 aliphatic rings. The summed E-state index contributed by atoms with van der Waals surface area (Å²) in [5.41, 5.74) is 4.29. The number of hydrogen-bond acceptors (Lipinski definition) is 6. The maximum absolute atomic E-state index is 12.0. The van der Waals surface area contributed by atoms with E-state index in [0.717, 1.165) is 30.3 Å². The number of hydrogen-bond donors (Lipinski definition) is 1. The number of benzene rings is 2. The Bertz CT molecular complexity index is 910. The van der Waals surface area contributed by atoms with Crippen molar-refractivity contribution in [1.82, 2.24) is 10.4 Å². The van der Waals surface area contributed by atoms with Gasteiger partial charge in [0.15, 0.2) is 4.34 Å². The molecule has 1 heterocycles. The minimum atomic E-state index is -0.182. The van der Waals surface area contributed by atoms with Gasteiger partial charge in [-0.05, 0) is 37.3 Å². The van der Waals surface area contributed by atoms with Crippen LogP contribution in [0.5, 0.6) is 5.75 Å². The minimum Gasteiger partial charge on any atom is -0.493 e. The highest BCUT2D eigenvalue weighted by molar-refractivity contribution is 9.10. The summed E-state index contributed by atoms with van der Waals surface area (Å²) in [6.07, 6.45) is 1.58. The van der Waals surface area contributed by atoms with Crippen LogP contribution in [-0.2, 0) is 4.79 Å². The van der Waals surface area contributed by atoms with E-state index >= 15 is 0 Å². The summed E-state index contributed by atoms with van der Waals surface area (Å²) in [5, 5.41) is 4.02. The Balaban J connectivity index is 1.55. The van der Waals surface area contributed by atoms with Crippen molar-refractivity contribution in [1.29, 1.82) is 0 Å². The fraction of sp³-hybridized carbons (Fsp3) is 0.167. The summed E-state index contributed by atoms with van der Waals surface area (Å²) >= 11 is 6.40. The van der Waals surface area contributed by atoms with E-state index in [2.05, 4.69) is 31.4 Å². The first kappa shape index (κ1) is 18.9. The number of halogens is 1. The van der Waals surface area contributed by atoms with Crippen molar-refractivity contribution >= 4 is 61.4 Å². The Kier molecular flexibility index (Phi) is 6.65. The number of hydrazone groups is 1. The fourth-order valence-electron chi connectivity index (χ4n) is 2.15. The number of para-hydroxylation sites is 1. The lowest BCUT2D eigenvalue weighted by Gasteiger charge is -2.07. The molecule has 0 aliphatic heterocycles. The van der Waals surface area contributed by atoms with Crippen LogP contribution in [0.25, 0.3) is 10.2 Å². The first-order valence-corrected chi connectivity index (χ1v) is 10.5. The minimum absolute atomic E-state index is 0.182. The lowest BCUT2D eigenvalue weighted by molar-refractivity contribution is -0.118. The van der Waals surface area contributed by atoms with E-state index in [4.69, 9.17) is 4.74 Å². The number of nitrogens with one attached hydrogen (secondary N) is 1. The van der Waals surface area contributed by atoms with E-state index < -0.39 is 0 Å². The highest BCUT2D eigenvalue weighted by Gasteiger charge is 2.07. The first-order chi connectivity index (χ1) is 12.7. The van der Waals surface area contributed by atoms with Gasteiger partial charge in [0.25, 0.3) is 5.91 Å². The number of thiazole rings is 1. The van der Waals surface area contributed by atoms with Crippen LogP contribution < -0.4 is 10.2 Å². The number of thioether (sulfide) groups is 1. The molecule has 0 saturated carbocycles. The lowest BCUT2D eigenvalue weighted by atomic mass is 10.2. The molecule has 0 saturated heterocycles. The van der Waals surface area contributed by atoms with Gasteiger partial charge in [-0.25, -0.2) is 10.4 Å². The Morgan fingerprint density at radius 1 is 1.38 bits per heavy atom. The second kappa shape index (κ2) is 9.16. The highest BCUT2D eigenvalue weighted by Crippen LogP contribution is 2.29. The summed E-state index contributed by atoms with van der Waals surface area (Å²) in [5.74, 6) is 0.796. The summed E-state index contributed by atoms with van der Waals surface area (Å²) < 4.78 is 8.45. The molecule has 8 heteroatoms.